The molecule has 0 aromatic heterocycles. The maximum atomic E-state index is 11.9. The van der Waals surface area contributed by atoms with Gasteiger partial charge in [0.1, 0.15) is 0 Å². The second-order valence-electron chi connectivity index (χ2n) is 4.28. The number of halogens is 1. The molecule has 106 valence electrons. The molecule has 0 saturated heterocycles. The molecule has 0 heterocycles. The first-order valence-electron chi connectivity index (χ1n) is 6.56. The lowest BCUT2D eigenvalue weighted by Crippen LogP contribution is -2.26. The molecule has 0 aliphatic rings. The molecule has 0 fully saturated rings. The van der Waals surface area contributed by atoms with Crippen molar-refractivity contribution in [1.82, 2.24) is 5.32 Å². The molecule has 1 amide bonds. The molecule has 0 bridgehead atoms. The molecular weight excluding hydrogens is 264 g/mol. The summed E-state index contributed by atoms with van der Waals surface area (Å²) in [5.41, 5.74) is 6.47. The highest BCUT2D eigenvalue weighted by Gasteiger charge is 2.12. The molecule has 4 nitrogen and oxygen atoms in total. The van der Waals surface area contributed by atoms with Gasteiger partial charge in [-0.05, 0) is 25.0 Å². The van der Waals surface area contributed by atoms with Gasteiger partial charge in [0.05, 0.1) is 10.6 Å². The number of carbonyl (C=O) groups excluding carboxylic acids is 1. The number of anilines is 1. The van der Waals surface area contributed by atoms with Crippen LogP contribution in [0, 0.1) is 0 Å². The van der Waals surface area contributed by atoms with Crippen molar-refractivity contribution in [3.8, 4) is 0 Å². The van der Waals surface area contributed by atoms with E-state index >= 15 is 0 Å². The average Bonchev–Trinajstić information content (AvgIpc) is 2.37. The van der Waals surface area contributed by atoms with E-state index < -0.39 is 0 Å². The smallest absolute Gasteiger partial charge is 0.254 e. The normalized spacial score (nSPS) is 10.4. The number of amides is 1. The molecule has 0 aliphatic heterocycles. The number of benzene rings is 1. The largest absolute Gasteiger partial charge is 0.398 e. The van der Waals surface area contributed by atoms with E-state index in [4.69, 9.17) is 22.1 Å². The highest BCUT2D eigenvalue weighted by atomic mass is 35.5. The SMILES string of the molecule is CCCCOCCCNC(=O)c1c(N)cccc1Cl. The maximum absolute atomic E-state index is 11.9. The van der Waals surface area contributed by atoms with Gasteiger partial charge < -0.3 is 15.8 Å². The van der Waals surface area contributed by atoms with E-state index in [1.807, 2.05) is 0 Å². The Labute approximate surface area is 119 Å². The van der Waals surface area contributed by atoms with Crippen molar-refractivity contribution >= 4 is 23.2 Å². The van der Waals surface area contributed by atoms with Crippen molar-refractivity contribution in [2.45, 2.75) is 26.2 Å². The lowest BCUT2D eigenvalue weighted by atomic mass is 10.1. The number of ether oxygens (including phenoxy) is 1. The van der Waals surface area contributed by atoms with Gasteiger partial charge in [0, 0.05) is 25.4 Å². The Balaban J connectivity index is 2.28. The van der Waals surface area contributed by atoms with Crippen LogP contribution in [0.2, 0.25) is 5.02 Å². The van der Waals surface area contributed by atoms with Gasteiger partial charge in [-0.2, -0.15) is 0 Å². The van der Waals surface area contributed by atoms with E-state index in [1.165, 1.54) is 0 Å². The van der Waals surface area contributed by atoms with Gasteiger partial charge in [0.15, 0.2) is 0 Å². The van der Waals surface area contributed by atoms with Gasteiger partial charge >= 0.3 is 0 Å². The van der Waals surface area contributed by atoms with Gasteiger partial charge in [0.2, 0.25) is 0 Å². The summed E-state index contributed by atoms with van der Waals surface area (Å²) in [6.07, 6.45) is 2.98. The first kappa shape index (κ1) is 15.8. The molecule has 1 aromatic rings. The fraction of sp³-hybridized carbons (Fsp3) is 0.500. The molecule has 0 atom stereocenters. The van der Waals surface area contributed by atoms with Gasteiger partial charge in [-0.15, -0.1) is 0 Å². The Morgan fingerprint density at radius 3 is 2.79 bits per heavy atom. The van der Waals surface area contributed by atoms with Gasteiger partial charge in [-0.1, -0.05) is 31.0 Å². The summed E-state index contributed by atoms with van der Waals surface area (Å²) in [6.45, 7) is 4.10. The van der Waals surface area contributed by atoms with Crippen molar-refractivity contribution in [2.75, 3.05) is 25.5 Å². The number of nitrogens with two attached hydrogens (primary N) is 1. The Morgan fingerprint density at radius 2 is 2.11 bits per heavy atom. The Morgan fingerprint density at radius 1 is 1.37 bits per heavy atom. The molecule has 1 aromatic carbocycles. The van der Waals surface area contributed by atoms with Crippen LogP contribution in [-0.2, 0) is 4.74 Å². The van der Waals surface area contributed by atoms with Crippen LogP contribution in [0.1, 0.15) is 36.5 Å². The highest BCUT2D eigenvalue weighted by molar-refractivity contribution is 6.34. The number of nitrogen functional groups attached to an aromatic ring is 1. The number of rotatable bonds is 8. The van der Waals surface area contributed by atoms with Crippen molar-refractivity contribution in [3.05, 3.63) is 28.8 Å². The van der Waals surface area contributed by atoms with Crippen LogP contribution in [0.3, 0.4) is 0 Å². The van der Waals surface area contributed by atoms with E-state index in [9.17, 15) is 4.79 Å². The monoisotopic (exact) mass is 284 g/mol. The quantitative estimate of drug-likeness (QED) is 0.570. The Kier molecular flexibility index (Phi) is 7.30. The third kappa shape index (κ3) is 5.49. The molecule has 0 aliphatic carbocycles. The van der Waals surface area contributed by atoms with Crippen LogP contribution < -0.4 is 11.1 Å². The molecule has 1 rings (SSSR count). The van der Waals surface area contributed by atoms with E-state index in [1.54, 1.807) is 18.2 Å². The first-order chi connectivity index (χ1) is 9.16. The van der Waals surface area contributed by atoms with Crippen LogP contribution in [0.5, 0.6) is 0 Å². The van der Waals surface area contributed by atoms with Crippen LogP contribution in [0.25, 0.3) is 0 Å². The fourth-order valence-electron chi connectivity index (χ4n) is 1.59. The highest BCUT2D eigenvalue weighted by Crippen LogP contribution is 2.21. The number of nitrogens with one attached hydrogen (secondary N) is 1. The fourth-order valence-corrected chi connectivity index (χ4v) is 1.86. The Bertz CT molecular complexity index is 390. The minimum absolute atomic E-state index is 0.239. The zero-order valence-corrected chi connectivity index (χ0v) is 12.0. The molecule has 3 N–H and O–H groups in total. The van der Waals surface area contributed by atoms with Crippen molar-refractivity contribution < 1.29 is 9.53 Å². The zero-order valence-electron chi connectivity index (χ0n) is 11.2. The number of hydrogen-bond donors (Lipinski definition) is 2. The van der Waals surface area contributed by atoms with E-state index in [-0.39, 0.29) is 5.91 Å². The van der Waals surface area contributed by atoms with Gasteiger partial charge in [0.25, 0.3) is 5.91 Å². The van der Waals surface area contributed by atoms with E-state index in [0.717, 1.165) is 25.9 Å². The summed E-state index contributed by atoms with van der Waals surface area (Å²) < 4.78 is 5.41. The summed E-state index contributed by atoms with van der Waals surface area (Å²) >= 11 is 5.96. The lowest BCUT2D eigenvalue weighted by molar-refractivity contribution is 0.0941. The summed E-state index contributed by atoms with van der Waals surface area (Å²) in [5, 5.41) is 3.16. The molecule has 19 heavy (non-hydrogen) atoms. The molecule has 0 radical (unpaired) electrons. The van der Waals surface area contributed by atoms with E-state index in [2.05, 4.69) is 12.2 Å². The second kappa shape index (κ2) is 8.77. The minimum atomic E-state index is -0.239. The van der Waals surface area contributed by atoms with Crippen molar-refractivity contribution in [1.29, 1.82) is 0 Å². The average molecular weight is 285 g/mol. The van der Waals surface area contributed by atoms with Crippen LogP contribution in [-0.4, -0.2) is 25.7 Å². The van der Waals surface area contributed by atoms with Crippen LogP contribution in [0.4, 0.5) is 5.69 Å². The van der Waals surface area contributed by atoms with Crippen molar-refractivity contribution in [2.24, 2.45) is 0 Å². The zero-order chi connectivity index (χ0) is 14.1. The molecule has 0 saturated carbocycles. The maximum Gasteiger partial charge on any atom is 0.254 e. The third-order valence-electron chi connectivity index (χ3n) is 2.67. The summed E-state index contributed by atoms with van der Waals surface area (Å²) in [6, 6.07) is 5.03. The minimum Gasteiger partial charge on any atom is -0.398 e. The van der Waals surface area contributed by atoms with Crippen LogP contribution in [0.15, 0.2) is 18.2 Å². The summed E-state index contributed by atoms with van der Waals surface area (Å²) in [4.78, 5) is 11.9. The number of hydrogen-bond acceptors (Lipinski definition) is 3. The predicted octanol–water partition coefficient (Wildman–Crippen LogP) is 2.86. The topological polar surface area (TPSA) is 64.3 Å². The standard InChI is InChI=1S/C14H21ClN2O2/c1-2-3-9-19-10-5-8-17-14(18)13-11(15)6-4-7-12(13)16/h4,6-7H,2-3,5,8-10,16H2,1H3,(H,17,18). The van der Waals surface area contributed by atoms with E-state index in [0.29, 0.717) is 29.4 Å². The van der Waals surface area contributed by atoms with Crippen LogP contribution >= 0.6 is 11.6 Å². The first-order valence-corrected chi connectivity index (χ1v) is 6.94. The van der Waals surface area contributed by atoms with Gasteiger partial charge in [-0.25, -0.2) is 0 Å². The third-order valence-corrected chi connectivity index (χ3v) is 2.98. The Hall–Kier alpha value is -1.26. The molecule has 5 heteroatoms. The molecule has 0 spiro atoms. The number of unbranched alkanes of at least 4 members (excludes halogenated alkanes) is 1. The number of carbonyl (C=O) groups is 1. The predicted molar refractivity (Wildman–Crippen MR) is 78.5 cm³/mol. The van der Waals surface area contributed by atoms with Crippen molar-refractivity contribution in [3.63, 3.8) is 0 Å². The molecule has 0 unspecified atom stereocenters. The summed E-state index contributed by atoms with van der Waals surface area (Å²) in [5.74, 6) is -0.239. The molecular formula is C14H21ClN2O2. The van der Waals surface area contributed by atoms with Gasteiger partial charge in [-0.3, -0.25) is 4.79 Å². The second-order valence-corrected chi connectivity index (χ2v) is 4.69. The summed E-state index contributed by atoms with van der Waals surface area (Å²) in [7, 11) is 0. The lowest BCUT2D eigenvalue weighted by Gasteiger charge is -2.09.